The van der Waals surface area contributed by atoms with Crippen LogP contribution in [-0.4, -0.2) is 39.1 Å². The highest BCUT2D eigenvalue weighted by Crippen LogP contribution is 2.37. The molecule has 122 valence electrons. The van der Waals surface area contributed by atoms with E-state index in [4.69, 9.17) is 9.47 Å². The fourth-order valence-corrected chi connectivity index (χ4v) is 4.21. The van der Waals surface area contributed by atoms with Crippen molar-refractivity contribution in [1.82, 2.24) is 4.98 Å². The number of fused-ring (bicyclic) bond motifs is 1. The molecule has 5 nitrogen and oxygen atoms in total. The Kier molecular flexibility index (Phi) is 4.26. The van der Waals surface area contributed by atoms with Crippen molar-refractivity contribution in [3.8, 4) is 11.5 Å². The van der Waals surface area contributed by atoms with Gasteiger partial charge >= 0.3 is 0 Å². The molecule has 3 rings (SSSR count). The summed E-state index contributed by atoms with van der Waals surface area (Å²) in [4.78, 5) is 4.46. The number of pyridine rings is 1. The van der Waals surface area contributed by atoms with Crippen molar-refractivity contribution in [2.45, 2.75) is 12.8 Å². The molecule has 1 aromatic heterocycles. The molecule has 6 heteroatoms. The van der Waals surface area contributed by atoms with Crippen LogP contribution < -0.4 is 9.47 Å². The Morgan fingerprint density at radius 3 is 2.48 bits per heavy atom. The van der Waals surface area contributed by atoms with E-state index in [0.717, 1.165) is 22.0 Å². The van der Waals surface area contributed by atoms with Crippen LogP contribution in [0.2, 0.25) is 0 Å². The van der Waals surface area contributed by atoms with E-state index in [0.29, 0.717) is 24.3 Å². The number of ether oxygens (including phenoxy) is 2. The number of nitrogens with zero attached hydrogens (tertiary/aromatic N) is 1. The number of benzene rings is 1. The van der Waals surface area contributed by atoms with Crippen molar-refractivity contribution in [3.63, 3.8) is 0 Å². The third-order valence-corrected chi connectivity index (χ3v) is 5.76. The fraction of sp³-hybridized carbons (Fsp3) is 0.353. The minimum Gasteiger partial charge on any atom is -0.493 e. The standard InChI is InChI=1S/C17H19NO4S/c1-21-15-4-3-13-5-8-18-14(16(13)17(15)22-2)11-12-6-9-23(19,20)10-7-12/h3-5,8,11H,6-7,9-10H2,1-2H3. The lowest BCUT2D eigenvalue weighted by Gasteiger charge is -2.16. The van der Waals surface area contributed by atoms with Crippen LogP contribution in [0.1, 0.15) is 18.5 Å². The third-order valence-electron chi connectivity index (χ3n) is 4.11. The van der Waals surface area contributed by atoms with Crippen LogP contribution in [0.3, 0.4) is 0 Å². The molecule has 1 saturated heterocycles. The second kappa shape index (κ2) is 6.20. The molecule has 0 radical (unpaired) electrons. The maximum atomic E-state index is 11.6. The van der Waals surface area contributed by atoms with E-state index in [1.807, 2.05) is 24.3 Å². The van der Waals surface area contributed by atoms with Gasteiger partial charge in [0.25, 0.3) is 0 Å². The monoisotopic (exact) mass is 333 g/mol. The Balaban J connectivity index is 2.11. The van der Waals surface area contributed by atoms with Crippen LogP contribution in [0.4, 0.5) is 0 Å². The summed E-state index contributed by atoms with van der Waals surface area (Å²) in [5.41, 5.74) is 1.89. The first-order valence-electron chi connectivity index (χ1n) is 7.43. The van der Waals surface area contributed by atoms with E-state index >= 15 is 0 Å². The molecule has 0 unspecified atom stereocenters. The zero-order chi connectivity index (χ0) is 16.4. The number of aromatic nitrogens is 1. The summed E-state index contributed by atoms with van der Waals surface area (Å²) in [5, 5.41) is 1.89. The van der Waals surface area contributed by atoms with E-state index in [9.17, 15) is 8.42 Å². The van der Waals surface area contributed by atoms with E-state index in [1.165, 1.54) is 0 Å². The normalized spacial score (nSPS) is 17.0. The van der Waals surface area contributed by atoms with Gasteiger partial charge in [0, 0.05) is 6.20 Å². The highest BCUT2D eigenvalue weighted by Gasteiger charge is 2.20. The molecule has 0 N–H and O–H groups in total. The van der Waals surface area contributed by atoms with Gasteiger partial charge < -0.3 is 9.47 Å². The second-order valence-corrected chi connectivity index (χ2v) is 7.85. The van der Waals surface area contributed by atoms with E-state index < -0.39 is 9.84 Å². The maximum Gasteiger partial charge on any atom is 0.170 e. The Labute approximate surface area is 135 Å². The summed E-state index contributed by atoms with van der Waals surface area (Å²) < 4.78 is 34.0. The van der Waals surface area contributed by atoms with Gasteiger partial charge in [0.15, 0.2) is 21.3 Å². The molecule has 0 saturated carbocycles. The van der Waals surface area contributed by atoms with Crippen LogP contribution >= 0.6 is 0 Å². The summed E-state index contributed by atoms with van der Waals surface area (Å²) in [6.07, 6.45) is 4.86. The van der Waals surface area contributed by atoms with Gasteiger partial charge in [-0.1, -0.05) is 11.6 Å². The Morgan fingerprint density at radius 2 is 1.83 bits per heavy atom. The smallest absolute Gasteiger partial charge is 0.170 e. The van der Waals surface area contributed by atoms with Crippen LogP contribution in [0.25, 0.3) is 16.8 Å². The molecule has 0 aliphatic carbocycles. The SMILES string of the molecule is COc1ccc2ccnc(C=C3CCS(=O)(=O)CC3)c2c1OC. The quantitative estimate of drug-likeness (QED) is 0.864. The van der Waals surface area contributed by atoms with Crippen LogP contribution in [0.5, 0.6) is 11.5 Å². The van der Waals surface area contributed by atoms with Gasteiger partial charge in [0.05, 0.1) is 36.8 Å². The molecular weight excluding hydrogens is 314 g/mol. The molecule has 0 amide bonds. The van der Waals surface area contributed by atoms with Crippen molar-refractivity contribution in [2.24, 2.45) is 0 Å². The number of rotatable bonds is 3. The summed E-state index contributed by atoms with van der Waals surface area (Å²) >= 11 is 0. The first-order valence-corrected chi connectivity index (χ1v) is 9.26. The minimum absolute atomic E-state index is 0.212. The molecule has 0 bridgehead atoms. The fourth-order valence-electron chi connectivity index (χ4n) is 2.86. The molecular formula is C17H19NO4S. The van der Waals surface area contributed by atoms with E-state index in [-0.39, 0.29) is 11.5 Å². The highest BCUT2D eigenvalue weighted by molar-refractivity contribution is 7.91. The minimum atomic E-state index is -2.88. The largest absolute Gasteiger partial charge is 0.493 e. The van der Waals surface area contributed by atoms with Gasteiger partial charge in [-0.25, -0.2) is 8.42 Å². The highest BCUT2D eigenvalue weighted by atomic mass is 32.2. The molecule has 23 heavy (non-hydrogen) atoms. The summed E-state index contributed by atoms with van der Waals surface area (Å²) in [6.45, 7) is 0. The number of hydrogen-bond acceptors (Lipinski definition) is 5. The lowest BCUT2D eigenvalue weighted by Crippen LogP contribution is -2.17. The third kappa shape index (κ3) is 3.17. The number of sulfone groups is 1. The Morgan fingerprint density at radius 1 is 1.09 bits per heavy atom. The molecule has 1 fully saturated rings. The summed E-state index contributed by atoms with van der Waals surface area (Å²) in [5.74, 6) is 1.72. The number of methoxy groups -OCH3 is 2. The molecule has 1 aliphatic heterocycles. The number of allylic oxidation sites excluding steroid dienone is 1. The van der Waals surface area contributed by atoms with Gasteiger partial charge in [0.1, 0.15) is 0 Å². The van der Waals surface area contributed by atoms with Crippen molar-refractivity contribution >= 4 is 26.7 Å². The molecule has 1 aromatic carbocycles. The Bertz CT molecular complexity index is 856. The van der Waals surface area contributed by atoms with Crippen molar-refractivity contribution < 1.29 is 17.9 Å². The zero-order valence-corrected chi connectivity index (χ0v) is 14.0. The van der Waals surface area contributed by atoms with Gasteiger partial charge in [-0.3, -0.25) is 4.98 Å². The van der Waals surface area contributed by atoms with E-state index in [2.05, 4.69) is 4.98 Å². The van der Waals surface area contributed by atoms with Crippen LogP contribution in [0, 0.1) is 0 Å². The molecule has 2 aromatic rings. The van der Waals surface area contributed by atoms with Crippen LogP contribution in [0.15, 0.2) is 30.0 Å². The predicted molar refractivity (Wildman–Crippen MR) is 90.7 cm³/mol. The Hall–Kier alpha value is -2.08. The first-order chi connectivity index (χ1) is 11.0. The topological polar surface area (TPSA) is 65.5 Å². The van der Waals surface area contributed by atoms with Gasteiger partial charge in [-0.05, 0) is 36.4 Å². The second-order valence-electron chi connectivity index (χ2n) is 5.55. The average Bonchev–Trinajstić information content (AvgIpc) is 2.55. The zero-order valence-electron chi connectivity index (χ0n) is 13.2. The predicted octanol–water partition coefficient (Wildman–Crippen LogP) is 2.84. The molecule has 0 spiro atoms. The molecule has 2 heterocycles. The van der Waals surface area contributed by atoms with Crippen LogP contribution in [-0.2, 0) is 9.84 Å². The lowest BCUT2D eigenvalue weighted by molar-refractivity contribution is 0.358. The first kappa shape index (κ1) is 15.8. The van der Waals surface area contributed by atoms with Crippen molar-refractivity contribution in [1.29, 1.82) is 0 Å². The van der Waals surface area contributed by atoms with Gasteiger partial charge in [0.2, 0.25) is 0 Å². The number of hydrogen-bond donors (Lipinski definition) is 0. The maximum absolute atomic E-state index is 11.6. The van der Waals surface area contributed by atoms with Gasteiger partial charge in [-0.2, -0.15) is 0 Å². The molecule has 1 aliphatic rings. The lowest BCUT2D eigenvalue weighted by atomic mass is 10.0. The van der Waals surface area contributed by atoms with E-state index in [1.54, 1.807) is 20.4 Å². The average molecular weight is 333 g/mol. The summed E-state index contributed by atoms with van der Waals surface area (Å²) in [6, 6.07) is 5.75. The summed E-state index contributed by atoms with van der Waals surface area (Å²) in [7, 11) is 0.327. The van der Waals surface area contributed by atoms with Crippen molar-refractivity contribution in [3.05, 3.63) is 35.7 Å². The molecule has 0 atom stereocenters. The van der Waals surface area contributed by atoms with Crippen molar-refractivity contribution in [2.75, 3.05) is 25.7 Å². The van der Waals surface area contributed by atoms with Gasteiger partial charge in [-0.15, -0.1) is 0 Å².